The van der Waals surface area contributed by atoms with Crippen molar-refractivity contribution in [2.75, 3.05) is 6.61 Å². The first kappa shape index (κ1) is 12.5. The number of nitrogens with zero attached hydrogens (tertiary/aromatic N) is 1. The van der Waals surface area contributed by atoms with Gasteiger partial charge in [0, 0.05) is 5.56 Å². The SMILES string of the molecule is CCOc1cccc(/C=C2\SC(N)=NC2=O)c1O. The molecule has 0 radical (unpaired) electrons. The Bertz CT molecular complexity index is 552. The largest absolute Gasteiger partial charge is 0.504 e. The van der Waals surface area contributed by atoms with Gasteiger partial charge >= 0.3 is 0 Å². The second kappa shape index (κ2) is 5.14. The van der Waals surface area contributed by atoms with Crippen molar-refractivity contribution in [1.29, 1.82) is 0 Å². The summed E-state index contributed by atoms with van der Waals surface area (Å²) in [6.45, 7) is 2.28. The summed E-state index contributed by atoms with van der Waals surface area (Å²) in [4.78, 5) is 15.4. The zero-order valence-corrected chi connectivity index (χ0v) is 10.5. The van der Waals surface area contributed by atoms with Gasteiger partial charge in [0.1, 0.15) is 0 Å². The number of phenols is 1. The summed E-state index contributed by atoms with van der Waals surface area (Å²) in [7, 11) is 0. The number of benzene rings is 1. The summed E-state index contributed by atoms with van der Waals surface area (Å²) in [5, 5.41) is 10.2. The molecule has 0 spiro atoms. The molecule has 0 aliphatic carbocycles. The van der Waals surface area contributed by atoms with Gasteiger partial charge in [-0.05, 0) is 30.8 Å². The fraction of sp³-hybridized carbons (Fsp3) is 0.167. The Morgan fingerprint density at radius 2 is 2.33 bits per heavy atom. The molecule has 2 rings (SSSR count). The molecule has 94 valence electrons. The van der Waals surface area contributed by atoms with E-state index in [0.29, 0.717) is 22.8 Å². The van der Waals surface area contributed by atoms with Crippen LogP contribution in [0.5, 0.6) is 11.5 Å². The highest BCUT2D eigenvalue weighted by molar-refractivity contribution is 8.18. The van der Waals surface area contributed by atoms with Crippen LogP contribution in [0.4, 0.5) is 0 Å². The van der Waals surface area contributed by atoms with Crippen LogP contribution in [0.3, 0.4) is 0 Å². The van der Waals surface area contributed by atoms with E-state index < -0.39 is 5.91 Å². The molecule has 6 heteroatoms. The van der Waals surface area contributed by atoms with Gasteiger partial charge in [0.2, 0.25) is 0 Å². The summed E-state index contributed by atoms with van der Waals surface area (Å²) < 4.78 is 5.27. The maximum Gasteiger partial charge on any atom is 0.286 e. The Labute approximate surface area is 108 Å². The highest BCUT2D eigenvalue weighted by atomic mass is 32.2. The molecular weight excluding hydrogens is 252 g/mol. The lowest BCUT2D eigenvalue weighted by Gasteiger charge is -2.07. The van der Waals surface area contributed by atoms with Crippen molar-refractivity contribution in [3.8, 4) is 11.5 Å². The molecule has 1 aliphatic rings. The first-order chi connectivity index (χ1) is 8.61. The van der Waals surface area contributed by atoms with Crippen LogP contribution in [0.15, 0.2) is 28.1 Å². The molecule has 18 heavy (non-hydrogen) atoms. The lowest BCUT2D eigenvalue weighted by atomic mass is 10.1. The van der Waals surface area contributed by atoms with E-state index in [1.165, 1.54) is 0 Å². The van der Waals surface area contributed by atoms with Gasteiger partial charge in [-0.3, -0.25) is 4.79 Å². The van der Waals surface area contributed by atoms with Crippen LogP contribution < -0.4 is 10.5 Å². The van der Waals surface area contributed by atoms with Crippen LogP contribution in [0.2, 0.25) is 0 Å². The van der Waals surface area contributed by atoms with E-state index in [1.54, 1.807) is 24.3 Å². The number of phenolic OH excluding ortho intramolecular Hbond substituents is 1. The first-order valence-corrected chi connectivity index (χ1v) is 6.16. The van der Waals surface area contributed by atoms with E-state index in [0.717, 1.165) is 11.8 Å². The number of amides is 1. The van der Waals surface area contributed by atoms with Gasteiger partial charge in [0.25, 0.3) is 5.91 Å². The summed E-state index contributed by atoms with van der Waals surface area (Å²) in [5.74, 6) is 0.000575. The maximum absolute atomic E-state index is 11.4. The second-order valence-corrected chi connectivity index (χ2v) is 4.56. The highest BCUT2D eigenvalue weighted by Crippen LogP contribution is 2.34. The van der Waals surface area contributed by atoms with Gasteiger partial charge in [-0.1, -0.05) is 12.1 Å². The molecule has 1 aromatic carbocycles. The van der Waals surface area contributed by atoms with Crippen molar-refractivity contribution >= 4 is 28.9 Å². The van der Waals surface area contributed by atoms with Gasteiger partial charge in [0.15, 0.2) is 16.7 Å². The summed E-state index contributed by atoms with van der Waals surface area (Å²) in [6, 6.07) is 5.09. The number of carbonyl (C=O) groups excluding carboxylic acids is 1. The Kier molecular flexibility index (Phi) is 3.57. The predicted octanol–water partition coefficient (Wildman–Crippen LogP) is 1.72. The third-order valence-corrected chi connectivity index (χ3v) is 3.07. The summed E-state index contributed by atoms with van der Waals surface area (Å²) in [6.07, 6.45) is 1.55. The fourth-order valence-electron chi connectivity index (χ4n) is 1.49. The van der Waals surface area contributed by atoms with Crippen LogP contribution in [-0.4, -0.2) is 22.8 Å². The molecule has 0 saturated heterocycles. The number of aliphatic imine (C=N–C) groups is 1. The molecule has 1 aliphatic heterocycles. The minimum absolute atomic E-state index is 0.00530. The molecule has 0 unspecified atom stereocenters. The molecule has 1 amide bonds. The lowest BCUT2D eigenvalue weighted by Crippen LogP contribution is -2.01. The molecule has 0 aromatic heterocycles. The van der Waals surface area contributed by atoms with Gasteiger partial charge in [-0.2, -0.15) is 4.99 Å². The van der Waals surface area contributed by atoms with Crippen molar-refractivity contribution in [3.63, 3.8) is 0 Å². The minimum atomic E-state index is -0.390. The van der Waals surface area contributed by atoms with Crippen LogP contribution in [0.1, 0.15) is 12.5 Å². The first-order valence-electron chi connectivity index (χ1n) is 5.34. The molecule has 1 heterocycles. The number of nitrogens with two attached hydrogens (primary N) is 1. The zero-order valence-electron chi connectivity index (χ0n) is 9.71. The Hall–Kier alpha value is -1.95. The molecule has 5 nitrogen and oxygen atoms in total. The maximum atomic E-state index is 11.4. The number of hydrogen-bond acceptors (Lipinski definition) is 5. The topological polar surface area (TPSA) is 84.9 Å². The van der Waals surface area contributed by atoms with Crippen molar-refractivity contribution in [2.24, 2.45) is 10.7 Å². The van der Waals surface area contributed by atoms with Crippen LogP contribution in [0.25, 0.3) is 6.08 Å². The van der Waals surface area contributed by atoms with E-state index in [2.05, 4.69) is 4.99 Å². The molecule has 1 aromatic rings. The number of para-hydroxylation sites is 1. The third kappa shape index (κ3) is 2.48. The Morgan fingerprint density at radius 3 is 2.94 bits per heavy atom. The minimum Gasteiger partial charge on any atom is -0.504 e. The number of rotatable bonds is 3. The van der Waals surface area contributed by atoms with Crippen molar-refractivity contribution in [1.82, 2.24) is 0 Å². The van der Waals surface area contributed by atoms with Crippen molar-refractivity contribution in [3.05, 3.63) is 28.7 Å². The normalized spacial score (nSPS) is 17.1. The molecular formula is C12H12N2O3S. The summed E-state index contributed by atoms with van der Waals surface area (Å²) in [5.41, 5.74) is 5.95. The van der Waals surface area contributed by atoms with Crippen LogP contribution >= 0.6 is 11.8 Å². The van der Waals surface area contributed by atoms with Crippen molar-refractivity contribution < 1.29 is 14.6 Å². The number of thioether (sulfide) groups is 1. The van der Waals surface area contributed by atoms with Gasteiger partial charge in [-0.15, -0.1) is 0 Å². The molecule has 0 bridgehead atoms. The molecule has 0 saturated carbocycles. The number of hydrogen-bond donors (Lipinski definition) is 2. The highest BCUT2D eigenvalue weighted by Gasteiger charge is 2.20. The standard InChI is InChI=1S/C12H12N2O3S/c1-2-17-8-5-3-4-7(10(8)15)6-9-11(16)14-12(13)18-9/h3-6,15H,2H2,1H3,(H2,13,14,16)/b9-6-. The quantitative estimate of drug-likeness (QED) is 0.812. The predicted molar refractivity (Wildman–Crippen MR) is 71.5 cm³/mol. The lowest BCUT2D eigenvalue weighted by molar-refractivity contribution is -0.113. The van der Waals surface area contributed by atoms with Gasteiger partial charge in [-0.25, -0.2) is 0 Å². The third-order valence-electron chi connectivity index (χ3n) is 2.25. The molecule has 0 atom stereocenters. The smallest absolute Gasteiger partial charge is 0.286 e. The zero-order chi connectivity index (χ0) is 13.1. The summed E-state index contributed by atoms with van der Waals surface area (Å²) >= 11 is 1.08. The Balaban J connectivity index is 2.33. The van der Waals surface area contributed by atoms with Crippen molar-refractivity contribution in [2.45, 2.75) is 6.92 Å². The van der Waals surface area contributed by atoms with E-state index in [4.69, 9.17) is 10.5 Å². The molecule has 0 fully saturated rings. The average molecular weight is 264 g/mol. The average Bonchev–Trinajstić information content (AvgIpc) is 2.63. The van der Waals surface area contributed by atoms with Gasteiger partial charge < -0.3 is 15.6 Å². The number of aromatic hydroxyl groups is 1. The number of amidine groups is 1. The van der Waals surface area contributed by atoms with E-state index >= 15 is 0 Å². The second-order valence-electron chi connectivity index (χ2n) is 3.49. The van der Waals surface area contributed by atoms with Crippen LogP contribution in [0, 0.1) is 0 Å². The van der Waals surface area contributed by atoms with Gasteiger partial charge in [0.05, 0.1) is 11.5 Å². The van der Waals surface area contributed by atoms with Crippen LogP contribution in [-0.2, 0) is 4.79 Å². The Morgan fingerprint density at radius 1 is 1.56 bits per heavy atom. The molecule has 3 N–H and O–H groups in total. The van der Waals surface area contributed by atoms with E-state index in [9.17, 15) is 9.90 Å². The monoisotopic (exact) mass is 264 g/mol. The number of ether oxygens (including phenoxy) is 1. The van der Waals surface area contributed by atoms with E-state index in [-0.39, 0.29) is 10.9 Å². The number of carbonyl (C=O) groups is 1. The fourth-order valence-corrected chi connectivity index (χ4v) is 2.17. The van der Waals surface area contributed by atoms with E-state index in [1.807, 2.05) is 6.92 Å².